The third-order valence-electron chi connectivity index (χ3n) is 3.71. The van der Waals surface area contributed by atoms with E-state index in [4.69, 9.17) is 5.73 Å². The van der Waals surface area contributed by atoms with Gasteiger partial charge in [0.25, 0.3) is 5.91 Å². The maximum atomic E-state index is 12.4. The van der Waals surface area contributed by atoms with Gasteiger partial charge in [-0.05, 0) is 31.9 Å². The van der Waals surface area contributed by atoms with Crippen molar-refractivity contribution in [3.8, 4) is 0 Å². The molecular formula is C14H20N2O2. The first kappa shape index (κ1) is 12.9. The van der Waals surface area contributed by atoms with Crippen LogP contribution in [0.2, 0.25) is 0 Å². The summed E-state index contributed by atoms with van der Waals surface area (Å²) in [6, 6.07) is 5.50. The van der Waals surface area contributed by atoms with Crippen molar-refractivity contribution in [1.82, 2.24) is 4.90 Å². The molecule has 4 nitrogen and oxygen atoms in total. The molecule has 4 heteroatoms. The van der Waals surface area contributed by atoms with E-state index in [2.05, 4.69) is 0 Å². The van der Waals surface area contributed by atoms with Gasteiger partial charge in [-0.25, -0.2) is 0 Å². The highest BCUT2D eigenvalue weighted by Crippen LogP contribution is 2.24. The molecule has 0 spiro atoms. The number of benzene rings is 1. The second-order valence-electron chi connectivity index (χ2n) is 5.08. The highest BCUT2D eigenvalue weighted by atomic mass is 16.3. The molecule has 2 unspecified atom stereocenters. The molecule has 18 heavy (non-hydrogen) atoms. The summed E-state index contributed by atoms with van der Waals surface area (Å²) in [5, 5.41) is 9.57. The lowest BCUT2D eigenvalue weighted by Gasteiger charge is -2.19. The van der Waals surface area contributed by atoms with Gasteiger partial charge in [-0.15, -0.1) is 0 Å². The number of anilines is 1. The number of hydrogen-bond donors (Lipinski definition) is 2. The van der Waals surface area contributed by atoms with Crippen molar-refractivity contribution in [3.63, 3.8) is 0 Å². The second-order valence-corrected chi connectivity index (χ2v) is 5.08. The molecule has 1 amide bonds. The highest BCUT2D eigenvalue weighted by Gasteiger charge is 2.30. The Balaban J connectivity index is 2.18. The summed E-state index contributed by atoms with van der Waals surface area (Å²) in [5.41, 5.74) is 7.92. The van der Waals surface area contributed by atoms with Crippen LogP contribution >= 0.6 is 0 Å². The third kappa shape index (κ3) is 2.34. The van der Waals surface area contributed by atoms with Gasteiger partial charge < -0.3 is 15.7 Å². The number of amides is 1. The summed E-state index contributed by atoms with van der Waals surface area (Å²) in [6.07, 6.45) is 0.492. The average molecular weight is 248 g/mol. The molecule has 1 aliphatic rings. The maximum Gasteiger partial charge on any atom is 0.256 e. The van der Waals surface area contributed by atoms with Crippen LogP contribution in [0.3, 0.4) is 0 Å². The molecular weight excluding hydrogens is 228 g/mol. The van der Waals surface area contributed by atoms with Gasteiger partial charge >= 0.3 is 0 Å². The zero-order chi connectivity index (χ0) is 13.3. The van der Waals surface area contributed by atoms with Gasteiger partial charge in [0.05, 0.1) is 11.7 Å². The Morgan fingerprint density at radius 3 is 2.83 bits per heavy atom. The minimum absolute atomic E-state index is 0.0197. The minimum Gasteiger partial charge on any atom is -0.398 e. The van der Waals surface area contributed by atoms with Crippen LogP contribution in [0.5, 0.6) is 0 Å². The average Bonchev–Trinajstić information content (AvgIpc) is 2.77. The number of aliphatic hydroxyl groups is 1. The number of rotatable bonds is 2. The highest BCUT2D eigenvalue weighted by molar-refractivity contribution is 6.00. The Kier molecular flexibility index (Phi) is 3.57. The van der Waals surface area contributed by atoms with E-state index in [1.807, 2.05) is 19.1 Å². The quantitative estimate of drug-likeness (QED) is 0.778. The van der Waals surface area contributed by atoms with E-state index in [0.717, 1.165) is 12.0 Å². The zero-order valence-electron chi connectivity index (χ0n) is 10.9. The molecule has 1 saturated heterocycles. The molecule has 1 aromatic carbocycles. The number of nitrogens with zero attached hydrogens (tertiary/aromatic N) is 1. The van der Waals surface area contributed by atoms with Gasteiger partial charge in [0.15, 0.2) is 0 Å². The van der Waals surface area contributed by atoms with Crippen molar-refractivity contribution in [2.24, 2.45) is 5.92 Å². The van der Waals surface area contributed by atoms with E-state index in [-0.39, 0.29) is 17.9 Å². The fourth-order valence-electron chi connectivity index (χ4n) is 2.51. The molecule has 0 aromatic heterocycles. The van der Waals surface area contributed by atoms with E-state index in [0.29, 0.717) is 24.3 Å². The standard InChI is InChI=1S/C14H20N2O2/c1-9-4-3-5-12(15)13(9)14(18)16-7-6-11(8-16)10(2)17/h3-5,10-11,17H,6-8,15H2,1-2H3. The number of aryl methyl sites for hydroxylation is 1. The van der Waals surface area contributed by atoms with Gasteiger partial charge in [0.2, 0.25) is 0 Å². The van der Waals surface area contributed by atoms with E-state index in [9.17, 15) is 9.90 Å². The van der Waals surface area contributed by atoms with E-state index in [1.165, 1.54) is 0 Å². The van der Waals surface area contributed by atoms with Crippen LogP contribution in [-0.4, -0.2) is 35.1 Å². The fourth-order valence-corrected chi connectivity index (χ4v) is 2.51. The lowest BCUT2D eigenvalue weighted by atomic mass is 10.0. The van der Waals surface area contributed by atoms with Crippen LogP contribution < -0.4 is 5.73 Å². The van der Waals surface area contributed by atoms with Crippen LogP contribution in [0.4, 0.5) is 5.69 Å². The largest absolute Gasteiger partial charge is 0.398 e. The molecule has 98 valence electrons. The second kappa shape index (κ2) is 4.98. The minimum atomic E-state index is -0.364. The number of carbonyl (C=O) groups excluding carboxylic acids is 1. The number of carbonyl (C=O) groups is 1. The lowest BCUT2D eigenvalue weighted by molar-refractivity contribution is 0.0763. The first-order valence-electron chi connectivity index (χ1n) is 6.33. The number of likely N-dealkylation sites (tertiary alicyclic amines) is 1. The third-order valence-corrected chi connectivity index (χ3v) is 3.71. The summed E-state index contributed by atoms with van der Waals surface area (Å²) in [7, 11) is 0. The molecule has 2 atom stereocenters. The number of nitrogen functional groups attached to an aromatic ring is 1. The Labute approximate surface area is 107 Å². The zero-order valence-corrected chi connectivity index (χ0v) is 10.9. The predicted octanol–water partition coefficient (Wildman–Crippen LogP) is 1.42. The number of hydrogen-bond acceptors (Lipinski definition) is 3. The number of aliphatic hydroxyl groups excluding tert-OH is 1. The Hall–Kier alpha value is -1.55. The van der Waals surface area contributed by atoms with E-state index < -0.39 is 0 Å². The van der Waals surface area contributed by atoms with Crippen LogP contribution in [0.1, 0.15) is 29.3 Å². The van der Waals surface area contributed by atoms with Crippen LogP contribution in [0.25, 0.3) is 0 Å². The molecule has 1 fully saturated rings. The predicted molar refractivity (Wildman–Crippen MR) is 71.3 cm³/mol. The molecule has 0 radical (unpaired) electrons. The molecule has 1 heterocycles. The summed E-state index contributed by atoms with van der Waals surface area (Å²) in [5.74, 6) is 0.160. The van der Waals surface area contributed by atoms with Crippen LogP contribution in [0.15, 0.2) is 18.2 Å². The summed E-state index contributed by atoms with van der Waals surface area (Å²) >= 11 is 0. The van der Waals surface area contributed by atoms with Gasteiger partial charge in [0, 0.05) is 24.7 Å². The Morgan fingerprint density at radius 1 is 1.56 bits per heavy atom. The Morgan fingerprint density at radius 2 is 2.28 bits per heavy atom. The van der Waals surface area contributed by atoms with Crippen LogP contribution in [-0.2, 0) is 0 Å². The SMILES string of the molecule is Cc1cccc(N)c1C(=O)N1CCC(C(C)O)C1. The molecule has 2 rings (SSSR count). The molecule has 1 aliphatic heterocycles. The topological polar surface area (TPSA) is 66.6 Å². The monoisotopic (exact) mass is 248 g/mol. The summed E-state index contributed by atoms with van der Waals surface area (Å²) < 4.78 is 0. The first-order valence-corrected chi connectivity index (χ1v) is 6.33. The van der Waals surface area contributed by atoms with Crippen molar-refractivity contribution in [2.75, 3.05) is 18.8 Å². The fraction of sp³-hybridized carbons (Fsp3) is 0.500. The van der Waals surface area contributed by atoms with Crippen molar-refractivity contribution in [3.05, 3.63) is 29.3 Å². The normalized spacial score (nSPS) is 21.1. The van der Waals surface area contributed by atoms with Gasteiger partial charge in [0.1, 0.15) is 0 Å². The van der Waals surface area contributed by atoms with Crippen molar-refractivity contribution in [2.45, 2.75) is 26.4 Å². The number of nitrogens with two attached hydrogens (primary N) is 1. The lowest BCUT2D eigenvalue weighted by Crippen LogP contribution is -2.31. The summed E-state index contributed by atoms with van der Waals surface area (Å²) in [6.45, 7) is 4.99. The molecule has 0 saturated carbocycles. The van der Waals surface area contributed by atoms with Gasteiger partial charge in [-0.1, -0.05) is 12.1 Å². The van der Waals surface area contributed by atoms with E-state index >= 15 is 0 Å². The van der Waals surface area contributed by atoms with Crippen molar-refractivity contribution < 1.29 is 9.90 Å². The van der Waals surface area contributed by atoms with Crippen molar-refractivity contribution >= 4 is 11.6 Å². The summed E-state index contributed by atoms with van der Waals surface area (Å²) in [4.78, 5) is 14.2. The van der Waals surface area contributed by atoms with Crippen LogP contribution in [0, 0.1) is 12.8 Å². The molecule has 3 N–H and O–H groups in total. The Bertz CT molecular complexity index is 437. The molecule has 0 bridgehead atoms. The van der Waals surface area contributed by atoms with Gasteiger partial charge in [-0.2, -0.15) is 0 Å². The van der Waals surface area contributed by atoms with Gasteiger partial charge in [-0.3, -0.25) is 4.79 Å². The first-order chi connectivity index (χ1) is 8.50. The van der Waals surface area contributed by atoms with Crippen molar-refractivity contribution in [1.29, 1.82) is 0 Å². The van der Waals surface area contributed by atoms with E-state index in [1.54, 1.807) is 17.9 Å². The maximum absolute atomic E-state index is 12.4. The molecule has 1 aromatic rings. The molecule has 0 aliphatic carbocycles. The smallest absolute Gasteiger partial charge is 0.256 e.